The highest BCUT2D eigenvalue weighted by Gasteiger charge is 2.13. The minimum absolute atomic E-state index is 0.0517. The van der Waals surface area contributed by atoms with Crippen molar-refractivity contribution in [1.29, 1.82) is 0 Å². The van der Waals surface area contributed by atoms with E-state index < -0.39 is 11.7 Å². The van der Waals surface area contributed by atoms with Crippen LogP contribution in [0.2, 0.25) is 0 Å². The standard InChI is InChI=1S/C17H18FN3O2/c1-10(2)16(22)20-14-9-19-15(8-11(14)3)21-17(23)12-6-4-5-7-13(12)18/h4-10H,1-3H3,(H,20,22)(H,19,21,23). The fourth-order valence-corrected chi connectivity index (χ4v) is 1.86. The van der Waals surface area contributed by atoms with E-state index in [2.05, 4.69) is 15.6 Å². The van der Waals surface area contributed by atoms with Crippen LogP contribution in [0.4, 0.5) is 15.9 Å². The molecule has 23 heavy (non-hydrogen) atoms. The molecule has 6 heteroatoms. The number of carbonyl (C=O) groups excluding carboxylic acids is 2. The summed E-state index contributed by atoms with van der Waals surface area (Å²) in [5.74, 6) is -1.14. The molecule has 0 unspecified atom stereocenters. The van der Waals surface area contributed by atoms with E-state index in [1.54, 1.807) is 32.9 Å². The average Bonchev–Trinajstić information content (AvgIpc) is 2.50. The van der Waals surface area contributed by atoms with Gasteiger partial charge in [0.25, 0.3) is 5.91 Å². The lowest BCUT2D eigenvalue weighted by molar-refractivity contribution is -0.118. The number of halogens is 1. The van der Waals surface area contributed by atoms with Gasteiger partial charge in [-0.2, -0.15) is 0 Å². The molecule has 2 amide bonds. The molecule has 2 rings (SSSR count). The second-order valence-electron chi connectivity index (χ2n) is 5.46. The number of rotatable bonds is 4. The Bertz CT molecular complexity index is 744. The van der Waals surface area contributed by atoms with Gasteiger partial charge >= 0.3 is 0 Å². The number of anilines is 2. The maximum atomic E-state index is 13.6. The number of benzene rings is 1. The Labute approximate surface area is 133 Å². The van der Waals surface area contributed by atoms with Crippen LogP contribution in [-0.4, -0.2) is 16.8 Å². The quantitative estimate of drug-likeness (QED) is 0.908. The van der Waals surface area contributed by atoms with Crippen LogP contribution in [0.1, 0.15) is 29.8 Å². The topological polar surface area (TPSA) is 71.1 Å². The summed E-state index contributed by atoms with van der Waals surface area (Å²) in [5, 5.41) is 5.30. The predicted octanol–water partition coefficient (Wildman–Crippen LogP) is 3.38. The lowest BCUT2D eigenvalue weighted by atomic mass is 10.2. The van der Waals surface area contributed by atoms with Crippen molar-refractivity contribution in [3.63, 3.8) is 0 Å². The van der Waals surface area contributed by atoms with E-state index in [1.807, 2.05) is 0 Å². The first-order chi connectivity index (χ1) is 10.9. The zero-order valence-electron chi connectivity index (χ0n) is 13.2. The minimum atomic E-state index is -0.595. The molecule has 2 aromatic rings. The van der Waals surface area contributed by atoms with E-state index >= 15 is 0 Å². The number of carbonyl (C=O) groups is 2. The van der Waals surface area contributed by atoms with Crippen molar-refractivity contribution in [3.05, 3.63) is 53.5 Å². The molecule has 120 valence electrons. The van der Waals surface area contributed by atoms with Gasteiger partial charge < -0.3 is 10.6 Å². The summed E-state index contributed by atoms with van der Waals surface area (Å²) in [6, 6.07) is 7.34. The van der Waals surface area contributed by atoms with E-state index in [4.69, 9.17) is 0 Å². The van der Waals surface area contributed by atoms with Crippen LogP contribution >= 0.6 is 0 Å². The van der Waals surface area contributed by atoms with Crippen molar-refractivity contribution in [2.24, 2.45) is 5.92 Å². The smallest absolute Gasteiger partial charge is 0.259 e. The highest BCUT2D eigenvalue weighted by molar-refractivity contribution is 6.04. The zero-order valence-corrected chi connectivity index (χ0v) is 13.2. The third-order valence-corrected chi connectivity index (χ3v) is 3.25. The van der Waals surface area contributed by atoms with Gasteiger partial charge in [0.2, 0.25) is 5.91 Å². The fourth-order valence-electron chi connectivity index (χ4n) is 1.86. The van der Waals surface area contributed by atoms with E-state index in [9.17, 15) is 14.0 Å². The highest BCUT2D eigenvalue weighted by Crippen LogP contribution is 2.18. The van der Waals surface area contributed by atoms with Crippen LogP contribution in [0.5, 0.6) is 0 Å². The molecule has 1 heterocycles. The maximum Gasteiger partial charge on any atom is 0.259 e. The highest BCUT2D eigenvalue weighted by atomic mass is 19.1. The first-order valence-corrected chi connectivity index (χ1v) is 7.22. The van der Waals surface area contributed by atoms with Crippen LogP contribution in [0.25, 0.3) is 0 Å². The number of nitrogens with zero attached hydrogens (tertiary/aromatic N) is 1. The summed E-state index contributed by atoms with van der Waals surface area (Å²) in [6.45, 7) is 5.37. The van der Waals surface area contributed by atoms with Crippen molar-refractivity contribution in [2.45, 2.75) is 20.8 Å². The SMILES string of the molecule is Cc1cc(NC(=O)c2ccccc2F)ncc1NC(=O)C(C)C. The van der Waals surface area contributed by atoms with Gasteiger partial charge in [0.15, 0.2) is 0 Å². The van der Waals surface area contributed by atoms with Gasteiger partial charge in [0.1, 0.15) is 11.6 Å². The lowest BCUT2D eigenvalue weighted by Gasteiger charge is -2.12. The summed E-state index contributed by atoms with van der Waals surface area (Å²) < 4.78 is 13.6. The molecule has 0 spiro atoms. The van der Waals surface area contributed by atoms with Crippen molar-refractivity contribution < 1.29 is 14.0 Å². The van der Waals surface area contributed by atoms with Crippen molar-refractivity contribution in [1.82, 2.24) is 4.98 Å². The van der Waals surface area contributed by atoms with Crippen LogP contribution in [0.15, 0.2) is 36.5 Å². The van der Waals surface area contributed by atoms with E-state index in [-0.39, 0.29) is 17.4 Å². The molecule has 0 atom stereocenters. The number of amides is 2. The van der Waals surface area contributed by atoms with Crippen LogP contribution < -0.4 is 10.6 Å². The molecule has 0 fully saturated rings. The molecule has 0 bridgehead atoms. The second-order valence-corrected chi connectivity index (χ2v) is 5.46. The molecule has 1 aromatic heterocycles. The molecule has 5 nitrogen and oxygen atoms in total. The summed E-state index contributed by atoms with van der Waals surface area (Å²) in [6.07, 6.45) is 1.46. The van der Waals surface area contributed by atoms with E-state index in [0.717, 1.165) is 5.56 Å². The number of aryl methyl sites for hydroxylation is 1. The Hall–Kier alpha value is -2.76. The van der Waals surface area contributed by atoms with Gasteiger partial charge in [-0.3, -0.25) is 9.59 Å². The Morgan fingerprint density at radius 1 is 1.17 bits per heavy atom. The number of hydrogen-bond acceptors (Lipinski definition) is 3. The Kier molecular flexibility index (Phi) is 5.05. The van der Waals surface area contributed by atoms with Crippen LogP contribution in [0.3, 0.4) is 0 Å². The first kappa shape index (κ1) is 16.6. The molecule has 0 aliphatic heterocycles. The summed E-state index contributed by atoms with van der Waals surface area (Å²) in [5.41, 5.74) is 1.27. The van der Waals surface area contributed by atoms with Gasteiger partial charge in [-0.15, -0.1) is 0 Å². The van der Waals surface area contributed by atoms with Crippen molar-refractivity contribution in [3.8, 4) is 0 Å². The molecule has 0 aliphatic carbocycles. The van der Waals surface area contributed by atoms with E-state index in [0.29, 0.717) is 11.5 Å². The monoisotopic (exact) mass is 315 g/mol. The Balaban J connectivity index is 2.13. The second kappa shape index (κ2) is 7.00. The van der Waals surface area contributed by atoms with Crippen molar-refractivity contribution in [2.75, 3.05) is 10.6 Å². The summed E-state index contributed by atoms with van der Waals surface area (Å²) in [7, 11) is 0. The van der Waals surface area contributed by atoms with Crippen molar-refractivity contribution >= 4 is 23.3 Å². The molecule has 0 saturated carbocycles. The predicted molar refractivity (Wildman–Crippen MR) is 86.8 cm³/mol. The largest absolute Gasteiger partial charge is 0.324 e. The van der Waals surface area contributed by atoms with Crippen LogP contribution in [-0.2, 0) is 4.79 Å². The summed E-state index contributed by atoms with van der Waals surface area (Å²) in [4.78, 5) is 27.8. The Morgan fingerprint density at radius 3 is 2.48 bits per heavy atom. The molecule has 0 aliphatic rings. The van der Waals surface area contributed by atoms with Gasteiger partial charge in [-0.05, 0) is 30.7 Å². The molecule has 0 saturated heterocycles. The third-order valence-electron chi connectivity index (χ3n) is 3.25. The van der Waals surface area contributed by atoms with Gasteiger partial charge in [0.05, 0.1) is 17.4 Å². The summed E-state index contributed by atoms with van der Waals surface area (Å²) >= 11 is 0. The number of hydrogen-bond donors (Lipinski definition) is 2. The minimum Gasteiger partial charge on any atom is -0.324 e. The number of pyridine rings is 1. The normalized spacial score (nSPS) is 10.5. The fraction of sp³-hybridized carbons (Fsp3) is 0.235. The molecule has 2 N–H and O–H groups in total. The van der Waals surface area contributed by atoms with Gasteiger partial charge in [-0.1, -0.05) is 26.0 Å². The first-order valence-electron chi connectivity index (χ1n) is 7.22. The third kappa shape index (κ3) is 4.12. The number of nitrogens with one attached hydrogen (secondary N) is 2. The van der Waals surface area contributed by atoms with E-state index in [1.165, 1.54) is 24.4 Å². The van der Waals surface area contributed by atoms with Crippen LogP contribution in [0, 0.1) is 18.7 Å². The van der Waals surface area contributed by atoms with Gasteiger partial charge in [-0.25, -0.2) is 9.37 Å². The molecular formula is C17H18FN3O2. The van der Waals surface area contributed by atoms with Gasteiger partial charge in [0, 0.05) is 5.92 Å². The maximum absolute atomic E-state index is 13.6. The Morgan fingerprint density at radius 2 is 1.87 bits per heavy atom. The zero-order chi connectivity index (χ0) is 17.0. The molecule has 1 aromatic carbocycles. The lowest BCUT2D eigenvalue weighted by Crippen LogP contribution is -2.19. The average molecular weight is 315 g/mol. The number of aromatic nitrogens is 1. The molecule has 0 radical (unpaired) electrons. The molecular weight excluding hydrogens is 297 g/mol.